The Labute approximate surface area is 134 Å². The van der Waals surface area contributed by atoms with Gasteiger partial charge in [-0.3, -0.25) is 15.1 Å². The van der Waals surface area contributed by atoms with E-state index in [0.29, 0.717) is 5.70 Å². The minimum absolute atomic E-state index is 0.678. The van der Waals surface area contributed by atoms with E-state index in [1.54, 1.807) is 31.0 Å². The molecule has 114 valence electrons. The summed E-state index contributed by atoms with van der Waals surface area (Å²) in [5.41, 5.74) is 4.70. The molecule has 0 saturated heterocycles. The molecule has 0 aliphatic heterocycles. The molecular weight excluding hydrogens is 288 g/mol. The molecule has 3 aromatic heterocycles. The van der Waals surface area contributed by atoms with Crippen LogP contribution in [0, 0.1) is 0 Å². The second kappa shape index (κ2) is 6.57. The van der Waals surface area contributed by atoms with Crippen molar-refractivity contribution in [1.82, 2.24) is 20.2 Å². The van der Waals surface area contributed by atoms with Crippen LogP contribution >= 0.6 is 0 Å². The number of nitrogens with one attached hydrogen (secondary N) is 3. The first-order valence-corrected chi connectivity index (χ1v) is 7.00. The number of rotatable bonds is 6. The van der Waals surface area contributed by atoms with Crippen molar-refractivity contribution in [2.24, 2.45) is 0 Å². The first-order valence-electron chi connectivity index (χ1n) is 7.00. The fraction of sp³-hybridized carbons (Fsp3) is 0. The Morgan fingerprint density at radius 1 is 0.913 bits per heavy atom. The fourth-order valence-electron chi connectivity index (χ4n) is 2.06. The summed E-state index contributed by atoms with van der Waals surface area (Å²) in [6, 6.07) is 7.56. The van der Waals surface area contributed by atoms with Gasteiger partial charge in [0.05, 0.1) is 29.5 Å². The lowest BCUT2D eigenvalue weighted by molar-refractivity contribution is 1.07. The van der Waals surface area contributed by atoms with Crippen LogP contribution in [0.4, 0.5) is 11.4 Å². The van der Waals surface area contributed by atoms with E-state index in [1.165, 1.54) is 0 Å². The van der Waals surface area contributed by atoms with E-state index < -0.39 is 0 Å². The average molecular weight is 304 g/mol. The van der Waals surface area contributed by atoms with Gasteiger partial charge in [-0.05, 0) is 24.3 Å². The van der Waals surface area contributed by atoms with Gasteiger partial charge in [0.25, 0.3) is 0 Å². The van der Waals surface area contributed by atoms with Crippen molar-refractivity contribution in [2.45, 2.75) is 0 Å². The Morgan fingerprint density at radius 3 is 2.39 bits per heavy atom. The van der Waals surface area contributed by atoms with Crippen molar-refractivity contribution in [3.63, 3.8) is 0 Å². The van der Waals surface area contributed by atoms with Crippen molar-refractivity contribution < 1.29 is 0 Å². The Balaban J connectivity index is 1.74. The molecule has 6 heteroatoms. The van der Waals surface area contributed by atoms with Crippen LogP contribution in [0.2, 0.25) is 0 Å². The lowest BCUT2D eigenvalue weighted by Gasteiger charge is -2.12. The highest BCUT2D eigenvalue weighted by molar-refractivity contribution is 5.84. The van der Waals surface area contributed by atoms with Crippen LogP contribution in [-0.4, -0.2) is 20.2 Å². The van der Waals surface area contributed by atoms with Crippen molar-refractivity contribution in [3.05, 3.63) is 79.7 Å². The third kappa shape index (κ3) is 3.44. The maximum absolute atomic E-state index is 4.09. The topological polar surface area (TPSA) is 78.5 Å². The lowest BCUT2D eigenvalue weighted by atomic mass is 10.2. The summed E-state index contributed by atoms with van der Waals surface area (Å²) in [6.45, 7) is 8.07. The van der Waals surface area contributed by atoms with Gasteiger partial charge < -0.3 is 10.6 Å². The molecule has 0 aliphatic rings. The summed E-state index contributed by atoms with van der Waals surface area (Å²) in [7, 11) is 0. The van der Waals surface area contributed by atoms with Gasteiger partial charge in [-0.1, -0.05) is 13.2 Å². The normalized spacial score (nSPS) is 10.1. The van der Waals surface area contributed by atoms with Crippen LogP contribution in [0.15, 0.2) is 68.4 Å². The molecule has 23 heavy (non-hydrogen) atoms. The smallest absolute Gasteiger partial charge is 0.104 e. The van der Waals surface area contributed by atoms with Crippen molar-refractivity contribution in [2.75, 3.05) is 10.6 Å². The third-order valence-corrected chi connectivity index (χ3v) is 3.19. The number of anilines is 2. The number of nitrogens with zero attached hydrogens (tertiary/aromatic N) is 3. The first kappa shape index (κ1) is 14.5. The largest absolute Gasteiger partial charge is 0.353 e. The molecule has 3 aromatic rings. The molecule has 3 rings (SSSR count). The van der Waals surface area contributed by atoms with E-state index in [-0.39, 0.29) is 0 Å². The van der Waals surface area contributed by atoms with Gasteiger partial charge >= 0.3 is 0 Å². The van der Waals surface area contributed by atoms with Crippen molar-refractivity contribution >= 4 is 22.8 Å². The second-order valence-electron chi connectivity index (χ2n) is 4.85. The third-order valence-electron chi connectivity index (χ3n) is 3.19. The zero-order valence-electron chi connectivity index (χ0n) is 12.5. The predicted molar refractivity (Wildman–Crippen MR) is 92.4 cm³/mol. The highest BCUT2D eigenvalue weighted by atomic mass is 15.2. The SMILES string of the molecule is C=C(Nc1cn[nH]c1C(=C)Nc1cccnc1)c1cccnc1. The molecule has 0 fully saturated rings. The molecule has 0 atom stereocenters. The number of H-pyrrole nitrogens is 1. The summed E-state index contributed by atoms with van der Waals surface area (Å²) in [4.78, 5) is 8.15. The molecule has 6 nitrogen and oxygen atoms in total. The monoisotopic (exact) mass is 304 g/mol. The minimum atomic E-state index is 0.678. The number of hydrogen-bond acceptors (Lipinski definition) is 5. The first-order chi connectivity index (χ1) is 11.2. The average Bonchev–Trinajstić information content (AvgIpc) is 3.05. The summed E-state index contributed by atoms with van der Waals surface area (Å²) >= 11 is 0. The minimum Gasteiger partial charge on any atom is -0.353 e. The summed E-state index contributed by atoms with van der Waals surface area (Å²) in [6.07, 6.45) is 8.60. The lowest BCUT2D eigenvalue weighted by Crippen LogP contribution is -2.03. The second-order valence-corrected chi connectivity index (χ2v) is 4.85. The maximum atomic E-state index is 4.09. The number of pyridine rings is 2. The van der Waals surface area contributed by atoms with Crippen LogP contribution in [0.3, 0.4) is 0 Å². The quantitative estimate of drug-likeness (QED) is 0.651. The van der Waals surface area contributed by atoms with E-state index in [0.717, 1.165) is 28.3 Å². The molecule has 3 N–H and O–H groups in total. The van der Waals surface area contributed by atoms with Gasteiger partial charge in [-0.25, -0.2) is 0 Å². The predicted octanol–water partition coefficient (Wildman–Crippen LogP) is 3.37. The van der Waals surface area contributed by atoms with E-state index >= 15 is 0 Å². The molecule has 0 bridgehead atoms. The summed E-state index contributed by atoms with van der Waals surface area (Å²) < 4.78 is 0. The Hall–Kier alpha value is -3.41. The van der Waals surface area contributed by atoms with Crippen LogP contribution in [0.5, 0.6) is 0 Å². The van der Waals surface area contributed by atoms with Crippen molar-refractivity contribution in [3.8, 4) is 0 Å². The zero-order valence-corrected chi connectivity index (χ0v) is 12.5. The van der Waals surface area contributed by atoms with Gasteiger partial charge in [0.15, 0.2) is 0 Å². The van der Waals surface area contributed by atoms with Crippen LogP contribution in [-0.2, 0) is 0 Å². The number of aromatic amines is 1. The maximum Gasteiger partial charge on any atom is 0.104 e. The molecule has 0 radical (unpaired) electrons. The van der Waals surface area contributed by atoms with Gasteiger partial charge in [0.1, 0.15) is 5.69 Å². The van der Waals surface area contributed by atoms with E-state index in [4.69, 9.17) is 0 Å². The summed E-state index contributed by atoms with van der Waals surface area (Å²) in [5, 5.41) is 13.4. The van der Waals surface area contributed by atoms with Crippen LogP contribution < -0.4 is 10.6 Å². The highest BCUT2D eigenvalue weighted by Crippen LogP contribution is 2.24. The standard InChI is InChI=1S/C17H16N6/c1-12(14-5-3-7-18-9-14)22-16-11-20-23-17(16)13(2)21-15-6-4-8-19-10-15/h3-11,21-22H,1-2H2,(H,20,23). The van der Waals surface area contributed by atoms with Gasteiger partial charge in [0, 0.05) is 29.9 Å². The molecule has 0 aliphatic carbocycles. The van der Waals surface area contributed by atoms with Gasteiger partial charge in [-0.15, -0.1) is 0 Å². The number of hydrogen-bond donors (Lipinski definition) is 3. The summed E-state index contributed by atoms with van der Waals surface area (Å²) in [5.74, 6) is 0. The number of aromatic nitrogens is 4. The molecule has 3 heterocycles. The Kier molecular flexibility index (Phi) is 4.15. The van der Waals surface area contributed by atoms with E-state index in [2.05, 4.69) is 44.0 Å². The van der Waals surface area contributed by atoms with Crippen molar-refractivity contribution in [1.29, 1.82) is 0 Å². The molecule has 0 aromatic carbocycles. The molecule has 0 spiro atoms. The van der Waals surface area contributed by atoms with E-state index in [9.17, 15) is 0 Å². The molecule has 0 amide bonds. The molecule has 0 saturated carbocycles. The van der Waals surface area contributed by atoms with Crippen LogP contribution in [0.1, 0.15) is 11.3 Å². The highest BCUT2D eigenvalue weighted by Gasteiger charge is 2.10. The molecular formula is C17H16N6. The van der Waals surface area contributed by atoms with E-state index in [1.807, 2.05) is 24.3 Å². The van der Waals surface area contributed by atoms with Crippen LogP contribution in [0.25, 0.3) is 11.4 Å². The molecule has 0 unspecified atom stereocenters. The Bertz CT molecular complexity index is 807. The van der Waals surface area contributed by atoms with Gasteiger partial charge in [-0.2, -0.15) is 5.10 Å². The van der Waals surface area contributed by atoms with Gasteiger partial charge in [0.2, 0.25) is 0 Å². The zero-order chi connectivity index (χ0) is 16.1. The fourth-order valence-corrected chi connectivity index (χ4v) is 2.06. The Morgan fingerprint density at radius 2 is 1.70 bits per heavy atom.